The summed E-state index contributed by atoms with van der Waals surface area (Å²) in [5, 5.41) is 18.4. The molecule has 0 aliphatic carbocycles. The zero-order chi connectivity index (χ0) is 46.3. The van der Waals surface area contributed by atoms with Gasteiger partial charge in [0.05, 0.1) is 43.9 Å². The van der Waals surface area contributed by atoms with E-state index in [4.69, 9.17) is 10.5 Å². The molecule has 6 N–H and O–H groups in total. The van der Waals surface area contributed by atoms with E-state index in [1.165, 1.54) is 6.42 Å². The first-order valence-corrected chi connectivity index (χ1v) is 20.4. The molecule has 1 aromatic heterocycles. The van der Waals surface area contributed by atoms with E-state index in [-0.39, 0.29) is 17.7 Å². The Kier molecular flexibility index (Phi) is 15.2. The maximum atomic E-state index is 15.0. The minimum absolute atomic E-state index is 0.145. The number of alkyl carbamates (subject to hydrolysis) is 1. The lowest BCUT2D eigenvalue weighted by atomic mass is 9.82. The molecule has 2 unspecified atom stereocenters. The Labute approximate surface area is 365 Å². The van der Waals surface area contributed by atoms with Crippen LogP contribution >= 0.6 is 0 Å². The number of hydrogen-bond acceptors (Lipinski definition) is 11. The number of nitrogens with two attached hydrogens (primary N) is 1. The largest absolute Gasteiger partial charge is 0.453 e. The molecule has 4 fully saturated rings. The van der Waals surface area contributed by atoms with Gasteiger partial charge in [0.2, 0.25) is 5.91 Å². The van der Waals surface area contributed by atoms with Gasteiger partial charge < -0.3 is 41.2 Å². The Hall–Kier alpha value is -5.75. The summed E-state index contributed by atoms with van der Waals surface area (Å²) in [5.74, 6) is 3.62. The summed E-state index contributed by atoms with van der Waals surface area (Å²) in [4.78, 5) is 38.0. The summed E-state index contributed by atoms with van der Waals surface area (Å²) < 4.78 is 107. The minimum atomic E-state index is -4.98. The number of fused-ring (bicyclic) bond motifs is 2. The second-order valence-electron chi connectivity index (χ2n) is 16.4. The number of nitrogens with one attached hydrogen (secondary N) is 3. The van der Waals surface area contributed by atoms with Crippen molar-refractivity contribution < 1.29 is 54.9 Å². The van der Waals surface area contributed by atoms with Gasteiger partial charge in [0.1, 0.15) is 23.5 Å². The van der Waals surface area contributed by atoms with Crippen LogP contribution in [0.4, 0.5) is 41.3 Å². The number of alkyl halides is 5. The lowest BCUT2D eigenvalue weighted by molar-refractivity contribution is -0.220. The van der Waals surface area contributed by atoms with Gasteiger partial charge in [0, 0.05) is 78.6 Å². The Morgan fingerprint density at radius 2 is 1.66 bits per heavy atom. The highest BCUT2D eigenvalue weighted by atomic mass is 19.4. The average molecular weight is 903 g/mol. The van der Waals surface area contributed by atoms with Crippen LogP contribution in [0.3, 0.4) is 0 Å². The lowest BCUT2D eigenvalue weighted by Gasteiger charge is -2.60. The van der Waals surface area contributed by atoms with Crippen LogP contribution in [-0.4, -0.2) is 122 Å². The smallest absolute Gasteiger partial charge is 0.407 e. The molecule has 3 aromatic rings. The highest BCUT2D eigenvalue weighted by Crippen LogP contribution is 2.41. The van der Waals surface area contributed by atoms with Gasteiger partial charge >= 0.3 is 18.8 Å². The Morgan fingerprint density at radius 3 is 2.22 bits per heavy atom. The van der Waals surface area contributed by atoms with Crippen LogP contribution in [-0.2, 0) is 27.2 Å². The maximum absolute atomic E-state index is 15.0. The normalized spacial score (nSPS) is 19.6. The van der Waals surface area contributed by atoms with Gasteiger partial charge in [-0.3, -0.25) is 9.69 Å². The maximum Gasteiger partial charge on any atom is 0.407 e. The number of nitrogens with zero attached hydrogens (tertiary/aromatic N) is 4. The summed E-state index contributed by atoms with van der Waals surface area (Å²) in [5.41, 5.74) is 3.87. The number of methoxy groups -OCH3 is 1. The number of allylic oxidation sites excluding steroid dienone is 1. The molecule has 13 nitrogen and oxygen atoms in total. The van der Waals surface area contributed by atoms with Crippen molar-refractivity contribution in [2.45, 2.75) is 82.3 Å². The number of aliphatic hydroxyl groups is 1. The van der Waals surface area contributed by atoms with Crippen molar-refractivity contribution in [3.63, 3.8) is 0 Å². The molecule has 2 bridgehead atoms. The first-order chi connectivity index (χ1) is 30.3. The number of carbonyl (C=O) groups is 2. The first-order valence-electron chi connectivity index (χ1n) is 20.4. The third kappa shape index (κ3) is 11.5. The topological polar surface area (TPSA) is 167 Å². The third-order valence-electron chi connectivity index (χ3n) is 11.7. The van der Waals surface area contributed by atoms with E-state index in [2.05, 4.69) is 47.0 Å². The van der Waals surface area contributed by atoms with Gasteiger partial charge in [-0.15, -0.1) is 0 Å². The quantitative estimate of drug-likeness (QED) is 0.0598. The van der Waals surface area contributed by atoms with Crippen molar-refractivity contribution in [1.29, 1.82) is 0 Å². The number of halogens is 7. The summed E-state index contributed by atoms with van der Waals surface area (Å²) in [6.45, 7) is 0.903. The number of hydrogen-bond donors (Lipinski definition) is 5. The van der Waals surface area contributed by atoms with Crippen LogP contribution in [0.1, 0.15) is 48.1 Å². The van der Waals surface area contributed by atoms with Crippen molar-refractivity contribution in [3.05, 3.63) is 100 Å². The van der Waals surface area contributed by atoms with Crippen LogP contribution in [0.25, 0.3) is 5.70 Å². The van der Waals surface area contributed by atoms with E-state index in [0.717, 1.165) is 71.3 Å². The van der Waals surface area contributed by atoms with Gasteiger partial charge in [-0.25, -0.2) is 23.6 Å². The number of ether oxygens (including phenoxy) is 2. The summed E-state index contributed by atoms with van der Waals surface area (Å²) in [7, 11) is 0.915. The molecular weight excluding hydrogens is 854 g/mol. The predicted molar refractivity (Wildman–Crippen MR) is 223 cm³/mol. The highest BCUT2D eigenvalue weighted by Gasteiger charge is 2.56. The van der Waals surface area contributed by atoms with E-state index < -0.39 is 78.6 Å². The van der Waals surface area contributed by atoms with Crippen LogP contribution in [0.2, 0.25) is 0 Å². The molecule has 0 radical (unpaired) electrons. The number of aliphatic imine (C=N–C) groups is 1. The molecule has 5 atom stereocenters. The zero-order valence-electron chi connectivity index (χ0n) is 35.1. The monoisotopic (exact) mass is 902 g/mol. The number of aliphatic hydroxyl groups excluding tert-OH is 1. The summed E-state index contributed by atoms with van der Waals surface area (Å²) in [6.07, 6.45) is -3.47. The SMILES string of the molecule is COC(=O)N[C@H](C(=O)N[C@@H](Cc1ccc(C#Cc2ccc(N3CC4CC(C3)N4C3COC3)nc2)cc1)[C@@H](O)CNCc1c(F)cc(C(N)=CC=NC(F)F)cc1F)C(C)(C)C(F)(F)F. The molecule has 7 rings (SSSR count). The second kappa shape index (κ2) is 20.4. The van der Waals surface area contributed by atoms with E-state index >= 15 is 8.78 Å². The number of piperidine rings is 1. The van der Waals surface area contributed by atoms with Gasteiger partial charge in [-0.05, 0) is 74.7 Å². The van der Waals surface area contributed by atoms with Crippen molar-refractivity contribution in [2.75, 3.05) is 44.9 Å². The first kappa shape index (κ1) is 47.7. The van der Waals surface area contributed by atoms with E-state index in [9.17, 15) is 36.6 Å². The summed E-state index contributed by atoms with van der Waals surface area (Å²) in [6, 6.07) is 10.3. The van der Waals surface area contributed by atoms with Gasteiger partial charge in [-0.2, -0.15) is 22.0 Å². The third-order valence-corrected chi connectivity index (χ3v) is 11.7. The van der Waals surface area contributed by atoms with Gasteiger partial charge in [-0.1, -0.05) is 24.0 Å². The van der Waals surface area contributed by atoms with E-state index in [1.54, 1.807) is 30.5 Å². The second-order valence-corrected chi connectivity index (χ2v) is 16.4. The molecule has 4 aliphatic rings. The van der Waals surface area contributed by atoms with Crippen molar-refractivity contribution >= 4 is 29.7 Å². The fourth-order valence-corrected chi connectivity index (χ4v) is 7.76. The van der Waals surface area contributed by atoms with Gasteiger partial charge in [0.15, 0.2) is 0 Å². The van der Waals surface area contributed by atoms with Crippen LogP contribution < -0.4 is 26.6 Å². The summed E-state index contributed by atoms with van der Waals surface area (Å²) >= 11 is 0. The van der Waals surface area contributed by atoms with Crippen LogP contribution in [0, 0.1) is 28.9 Å². The average Bonchev–Trinajstić information content (AvgIpc) is 3.23. The molecule has 0 saturated carbocycles. The van der Waals surface area contributed by atoms with Gasteiger partial charge in [0.25, 0.3) is 0 Å². The van der Waals surface area contributed by atoms with E-state index in [1.807, 2.05) is 17.4 Å². The molecule has 4 saturated heterocycles. The molecule has 2 aromatic carbocycles. The standard InChI is InChI=1S/C44H49F7N8O5/c1-43(2,44(49,50)51)39(57-42(62)63-3)40(61)56-36(37(60)20-53-19-32-33(45)15-28(16-34(32)46)35(52)12-13-54-41(47)48)14-26-7-4-25(5-8-26)6-9-27-10-11-38(55-18-27)58-21-29-17-30(22-58)59(29)31-23-64-24-31/h4-5,7-8,10-13,15-16,18,29-31,36-37,39,41,53,60H,14,17,19-24,52H2,1-3H3,(H,56,61)(H,57,62)/t29?,30?,36-,37-,39+/m0/s1. The molecule has 64 heavy (non-hydrogen) atoms. The van der Waals surface area contributed by atoms with Crippen LogP contribution in [0.15, 0.2) is 65.8 Å². The van der Waals surface area contributed by atoms with Crippen molar-refractivity contribution in [1.82, 2.24) is 25.8 Å². The number of anilines is 1. The van der Waals surface area contributed by atoms with Crippen LogP contribution in [0.5, 0.6) is 0 Å². The Balaban J connectivity index is 1.13. The van der Waals surface area contributed by atoms with Crippen molar-refractivity contribution in [2.24, 2.45) is 16.1 Å². The van der Waals surface area contributed by atoms with Crippen molar-refractivity contribution in [3.8, 4) is 11.8 Å². The molecule has 344 valence electrons. The minimum Gasteiger partial charge on any atom is -0.453 e. The number of pyridine rings is 1. The molecule has 20 heteroatoms. The van der Waals surface area contributed by atoms with E-state index in [0.29, 0.717) is 41.0 Å². The Bertz CT molecular complexity index is 2210. The predicted octanol–water partition coefficient (Wildman–Crippen LogP) is 4.51. The molecule has 0 spiro atoms. The number of benzene rings is 2. The number of amides is 2. The lowest BCUT2D eigenvalue weighted by Crippen LogP contribution is -2.74. The highest BCUT2D eigenvalue weighted by molar-refractivity contribution is 5.87. The molecular formula is C44H49F7N8O5. The zero-order valence-corrected chi connectivity index (χ0v) is 35.1. The molecule has 5 heterocycles. The number of rotatable bonds is 16. The fraction of sp³-hybridized carbons (Fsp3) is 0.455. The molecule has 2 amide bonds. The fourth-order valence-electron chi connectivity index (χ4n) is 7.76. The number of aromatic nitrogens is 1. The Morgan fingerprint density at radius 1 is 1.02 bits per heavy atom. The number of piperazine rings is 1. The molecule has 4 aliphatic heterocycles. The number of carbonyl (C=O) groups excluding carboxylic acids is 2.